The zero-order valence-corrected chi connectivity index (χ0v) is 13.3. The van der Waals surface area contributed by atoms with Crippen LogP contribution in [-0.4, -0.2) is 12.0 Å². The first-order chi connectivity index (χ1) is 9.95. The minimum atomic E-state index is -0.622. The maximum atomic E-state index is 13.8. The monoisotopic (exact) mass is 289 g/mol. The van der Waals surface area contributed by atoms with E-state index in [-0.39, 0.29) is 10.8 Å². The van der Waals surface area contributed by atoms with Crippen molar-refractivity contribution in [3.8, 4) is 0 Å². The summed E-state index contributed by atoms with van der Waals surface area (Å²) < 4.78 is 13.8. The van der Waals surface area contributed by atoms with Crippen molar-refractivity contribution < 1.29 is 9.18 Å². The lowest BCUT2D eigenvalue weighted by molar-refractivity contribution is -0.131. The van der Waals surface area contributed by atoms with Gasteiger partial charge in [-0.05, 0) is 61.7 Å². The molecule has 4 rings (SSSR count). The molecule has 0 bridgehead atoms. The summed E-state index contributed by atoms with van der Waals surface area (Å²) in [7, 11) is 0. The Hall–Kier alpha value is -0.660. The van der Waals surface area contributed by atoms with E-state index in [0.29, 0.717) is 30.0 Å². The van der Waals surface area contributed by atoms with Gasteiger partial charge in [0.1, 0.15) is 12.0 Å². The molecule has 1 nitrogen and oxygen atoms in total. The lowest BCUT2D eigenvalue weighted by Crippen LogP contribution is -2.50. The van der Waals surface area contributed by atoms with Crippen molar-refractivity contribution in [1.29, 1.82) is 0 Å². The van der Waals surface area contributed by atoms with Crippen molar-refractivity contribution >= 4 is 5.78 Å². The Kier molecular flexibility index (Phi) is 2.94. The molecule has 4 aliphatic carbocycles. The van der Waals surface area contributed by atoms with Gasteiger partial charge in [0.2, 0.25) is 0 Å². The first-order valence-corrected chi connectivity index (χ1v) is 8.82. The van der Waals surface area contributed by atoms with E-state index in [9.17, 15) is 9.18 Å². The number of hydrogen-bond acceptors (Lipinski definition) is 1. The van der Waals surface area contributed by atoms with Gasteiger partial charge in [0, 0.05) is 18.3 Å². The highest BCUT2D eigenvalue weighted by atomic mass is 18.2. The fraction of sp³-hybridized carbons (Fsp3) is 0.842. The zero-order chi connectivity index (χ0) is 14.8. The largest absolute Gasteiger partial charge is 0.299 e. The highest BCUT2D eigenvalue weighted by Gasteiger charge is 2.58. The first-order valence-electron chi connectivity index (χ1n) is 8.82. The smallest absolute Gasteiger partial charge is 0.139 e. The van der Waals surface area contributed by atoms with E-state index < -0.39 is 6.17 Å². The second-order valence-corrected chi connectivity index (χ2v) is 8.52. The van der Waals surface area contributed by atoms with Gasteiger partial charge in [0.05, 0.1) is 0 Å². The van der Waals surface area contributed by atoms with Crippen molar-refractivity contribution in [2.75, 3.05) is 0 Å². The molecule has 0 aromatic rings. The molecule has 0 aromatic heterocycles. The van der Waals surface area contributed by atoms with Crippen LogP contribution in [0.4, 0.5) is 4.39 Å². The number of allylic oxidation sites excluding steroid dienone is 2. The highest BCUT2D eigenvalue weighted by molar-refractivity contribution is 5.87. The van der Waals surface area contributed by atoms with Crippen LogP contribution >= 0.6 is 0 Å². The second kappa shape index (κ2) is 4.43. The van der Waals surface area contributed by atoms with Crippen molar-refractivity contribution in [3.63, 3.8) is 0 Å². The Morgan fingerprint density at radius 1 is 1.10 bits per heavy atom. The van der Waals surface area contributed by atoms with Crippen LogP contribution in [0.2, 0.25) is 0 Å². The molecule has 0 saturated heterocycles. The predicted molar refractivity (Wildman–Crippen MR) is 81.6 cm³/mol. The fourth-order valence-electron chi connectivity index (χ4n) is 6.39. The van der Waals surface area contributed by atoms with E-state index in [1.54, 1.807) is 0 Å². The SMILES string of the molecule is C[C@]12CC[C@@H]([18F])CC1=CC[C@@H]1[C@@H]2CC[C@]2(C)C(=O)CC[C@@H]12. The lowest BCUT2D eigenvalue weighted by Gasteiger charge is -2.56. The third kappa shape index (κ3) is 1.77. The summed E-state index contributed by atoms with van der Waals surface area (Å²) in [6, 6.07) is 0. The van der Waals surface area contributed by atoms with Crippen molar-refractivity contribution in [2.24, 2.45) is 28.6 Å². The lowest BCUT2D eigenvalue weighted by atomic mass is 9.48. The molecule has 0 aliphatic heterocycles. The highest BCUT2D eigenvalue weighted by Crippen LogP contribution is 2.64. The van der Waals surface area contributed by atoms with Crippen LogP contribution < -0.4 is 0 Å². The summed E-state index contributed by atoms with van der Waals surface area (Å²) in [6.07, 6.45) is 9.39. The van der Waals surface area contributed by atoms with Crippen LogP contribution in [0.15, 0.2) is 11.6 Å². The van der Waals surface area contributed by atoms with Crippen LogP contribution in [0.5, 0.6) is 0 Å². The molecule has 3 fully saturated rings. The fourth-order valence-corrected chi connectivity index (χ4v) is 6.39. The summed E-state index contributed by atoms with van der Waals surface area (Å²) in [5.74, 6) is 2.45. The van der Waals surface area contributed by atoms with E-state index in [2.05, 4.69) is 19.9 Å². The minimum absolute atomic E-state index is 0.0415. The Morgan fingerprint density at radius 2 is 1.81 bits per heavy atom. The van der Waals surface area contributed by atoms with Crippen molar-refractivity contribution in [3.05, 3.63) is 11.6 Å². The number of alkyl halides is 1. The molecule has 0 amide bonds. The molecule has 0 radical (unpaired) electrons. The van der Waals surface area contributed by atoms with Crippen LogP contribution in [0.3, 0.4) is 0 Å². The summed E-state index contributed by atoms with van der Waals surface area (Å²) in [6.45, 7) is 4.62. The van der Waals surface area contributed by atoms with Gasteiger partial charge in [-0.3, -0.25) is 4.79 Å². The molecule has 0 heterocycles. The Labute approximate surface area is 127 Å². The summed E-state index contributed by atoms with van der Waals surface area (Å²) in [4.78, 5) is 12.3. The van der Waals surface area contributed by atoms with Crippen LogP contribution in [0.1, 0.15) is 65.2 Å². The van der Waals surface area contributed by atoms with Crippen LogP contribution in [-0.2, 0) is 4.79 Å². The standard InChI is InChI=1S/C19H27FO/c1-18-9-7-13(20)11-12(18)3-4-14-15-5-6-17(21)19(15,2)10-8-16(14)18/h3,13-16H,4-11H2,1-2H3/t13-,14+,15+,16+,18+,19+/m1/s1/i20-1. The molecule has 2 heteroatoms. The van der Waals surface area contributed by atoms with E-state index in [0.717, 1.165) is 38.5 Å². The average molecular weight is 289 g/mol. The number of carbonyl (C=O) groups excluding carboxylic acids is 1. The van der Waals surface area contributed by atoms with E-state index in [1.165, 1.54) is 12.0 Å². The number of ketones is 1. The summed E-state index contributed by atoms with van der Waals surface area (Å²) in [5, 5.41) is 0. The second-order valence-electron chi connectivity index (χ2n) is 8.52. The molecule has 6 atom stereocenters. The Bertz CT molecular complexity index is 510. The van der Waals surface area contributed by atoms with E-state index >= 15 is 0 Å². The van der Waals surface area contributed by atoms with Crippen molar-refractivity contribution in [1.82, 2.24) is 0 Å². The number of halogens is 1. The first kappa shape index (κ1) is 14.0. The minimum Gasteiger partial charge on any atom is -0.299 e. The third-order valence-corrected chi connectivity index (χ3v) is 7.75. The molecule has 4 aliphatic rings. The molecule has 116 valence electrons. The number of carbonyl (C=O) groups is 1. The Morgan fingerprint density at radius 3 is 2.62 bits per heavy atom. The van der Waals surface area contributed by atoms with Crippen molar-refractivity contribution in [2.45, 2.75) is 71.4 Å². The van der Waals surface area contributed by atoms with Gasteiger partial charge >= 0.3 is 0 Å². The van der Waals surface area contributed by atoms with Gasteiger partial charge in [-0.15, -0.1) is 0 Å². The number of rotatable bonds is 0. The molecular weight excluding hydrogens is 262 g/mol. The molecule has 0 N–H and O–H groups in total. The van der Waals surface area contributed by atoms with E-state index in [1.807, 2.05) is 0 Å². The maximum absolute atomic E-state index is 13.8. The van der Waals surface area contributed by atoms with Gasteiger partial charge in [-0.1, -0.05) is 25.5 Å². The zero-order valence-electron chi connectivity index (χ0n) is 13.3. The van der Waals surface area contributed by atoms with Crippen LogP contribution in [0, 0.1) is 28.6 Å². The molecule has 21 heavy (non-hydrogen) atoms. The maximum Gasteiger partial charge on any atom is 0.139 e. The molecule has 0 spiro atoms. The molecule has 0 aromatic carbocycles. The molecule has 0 unspecified atom stereocenters. The number of fused-ring (bicyclic) bond motifs is 5. The number of Topliss-reactive ketones (excluding diaryl/α,β-unsaturated/α-hetero) is 1. The van der Waals surface area contributed by atoms with Gasteiger partial charge in [0.15, 0.2) is 0 Å². The number of hydrogen-bond donors (Lipinski definition) is 0. The average Bonchev–Trinajstić information content (AvgIpc) is 2.76. The predicted octanol–water partition coefficient (Wildman–Crippen LogP) is 4.86. The van der Waals surface area contributed by atoms with Gasteiger partial charge in [-0.2, -0.15) is 0 Å². The normalized spacial score (nSPS) is 52.7. The summed E-state index contributed by atoms with van der Waals surface area (Å²) >= 11 is 0. The topological polar surface area (TPSA) is 17.1 Å². The van der Waals surface area contributed by atoms with E-state index in [4.69, 9.17) is 0 Å². The van der Waals surface area contributed by atoms with Gasteiger partial charge in [-0.25, -0.2) is 4.39 Å². The molecule has 3 saturated carbocycles. The van der Waals surface area contributed by atoms with Gasteiger partial charge in [0.25, 0.3) is 0 Å². The van der Waals surface area contributed by atoms with Crippen LogP contribution in [0.25, 0.3) is 0 Å². The van der Waals surface area contributed by atoms with Gasteiger partial charge < -0.3 is 0 Å². The summed E-state index contributed by atoms with van der Waals surface area (Å²) in [5.41, 5.74) is 1.58. The molecular formula is C19H27FO. The quantitative estimate of drug-likeness (QED) is 0.582. The Balaban J connectivity index is 1.69. The third-order valence-electron chi connectivity index (χ3n) is 7.75.